The van der Waals surface area contributed by atoms with Crippen molar-refractivity contribution >= 4 is 17.5 Å². The lowest BCUT2D eigenvalue weighted by atomic mass is 9.98. The zero-order valence-corrected chi connectivity index (χ0v) is 20.1. The first kappa shape index (κ1) is 24.7. The van der Waals surface area contributed by atoms with E-state index >= 15 is 0 Å². The van der Waals surface area contributed by atoms with E-state index in [1.165, 1.54) is 0 Å². The highest BCUT2D eigenvalue weighted by Gasteiger charge is 2.21. The Labute approximate surface area is 210 Å². The van der Waals surface area contributed by atoms with E-state index in [2.05, 4.69) is 15.6 Å². The number of hydrogen-bond acceptors (Lipinski definition) is 5. The van der Waals surface area contributed by atoms with E-state index in [0.29, 0.717) is 30.8 Å². The van der Waals surface area contributed by atoms with Gasteiger partial charge in [-0.1, -0.05) is 48.5 Å². The van der Waals surface area contributed by atoms with Crippen molar-refractivity contribution in [3.63, 3.8) is 0 Å². The normalized spacial score (nSPS) is 11.6. The van der Waals surface area contributed by atoms with Crippen molar-refractivity contribution in [1.29, 1.82) is 0 Å². The summed E-state index contributed by atoms with van der Waals surface area (Å²) in [5.74, 6) is -0.121. The third-order valence-electron chi connectivity index (χ3n) is 5.99. The molecule has 0 aliphatic carbocycles. The standard InChI is InChI=1S/C28H30N6O2/c1-2-31-24-14-18(15-29)8-13-22(24)28(36)33-16-23(19-6-4-3-5-7-19)27-32-17-25(34-27)20-9-11-21(12-10-20)26(30)35/h3-14,17,23,31H,2,15-16,29H2,1H3,(H2,30,35)(H,32,34)(H,33,36)/t23-/m1/s1. The molecule has 4 rings (SSSR count). The third-order valence-corrected chi connectivity index (χ3v) is 5.99. The first-order valence-electron chi connectivity index (χ1n) is 11.9. The van der Waals surface area contributed by atoms with Gasteiger partial charge in [-0.2, -0.15) is 0 Å². The van der Waals surface area contributed by atoms with Gasteiger partial charge in [0.25, 0.3) is 5.91 Å². The molecule has 36 heavy (non-hydrogen) atoms. The quantitative estimate of drug-likeness (QED) is 0.235. The molecule has 0 bridgehead atoms. The minimum absolute atomic E-state index is 0.177. The van der Waals surface area contributed by atoms with Gasteiger partial charge in [0.2, 0.25) is 5.91 Å². The van der Waals surface area contributed by atoms with Gasteiger partial charge in [-0.25, -0.2) is 4.98 Å². The lowest BCUT2D eigenvalue weighted by Gasteiger charge is -2.18. The number of rotatable bonds is 10. The van der Waals surface area contributed by atoms with Gasteiger partial charge in [-0.15, -0.1) is 0 Å². The van der Waals surface area contributed by atoms with Crippen LogP contribution < -0.4 is 22.1 Å². The molecule has 2 amide bonds. The molecule has 0 radical (unpaired) electrons. The summed E-state index contributed by atoms with van der Waals surface area (Å²) in [6, 6.07) is 22.5. The fourth-order valence-corrected chi connectivity index (χ4v) is 4.07. The molecule has 184 valence electrons. The van der Waals surface area contributed by atoms with Gasteiger partial charge in [-0.3, -0.25) is 9.59 Å². The maximum Gasteiger partial charge on any atom is 0.253 e. The second-order valence-corrected chi connectivity index (χ2v) is 8.40. The number of primary amides is 1. The molecule has 4 aromatic rings. The number of imidazole rings is 1. The molecule has 1 aromatic heterocycles. The average Bonchev–Trinajstić information content (AvgIpc) is 3.39. The summed E-state index contributed by atoms with van der Waals surface area (Å²) in [4.78, 5) is 32.6. The number of nitrogens with zero attached hydrogens (tertiary/aromatic N) is 1. The smallest absolute Gasteiger partial charge is 0.253 e. The molecule has 1 atom stereocenters. The maximum atomic E-state index is 13.2. The number of amides is 2. The average molecular weight is 483 g/mol. The number of hydrogen-bond donors (Lipinski definition) is 5. The van der Waals surface area contributed by atoms with E-state index < -0.39 is 5.91 Å². The molecule has 0 fully saturated rings. The van der Waals surface area contributed by atoms with Crippen LogP contribution in [0.15, 0.2) is 79.0 Å². The van der Waals surface area contributed by atoms with Crippen LogP contribution in [0.5, 0.6) is 0 Å². The molecule has 8 nitrogen and oxygen atoms in total. The highest BCUT2D eigenvalue weighted by molar-refractivity contribution is 5.99. The monoisotopic (exact) mass is 482 g/mol. The van der Waals surface area contributed by atoms with Gasteiger partial charge >= 0.3 is 0 Å². The van der Waals surface area contributed by atoms with Crippen molar-refractivity contribution in [3.05, 3.63) is 107 Å². The predicted molar refractivity (Wildman–Crippen MR) is 142 cm³/mol. The van der Waals surface area contributed by atoms with Crippen LogP contribution in [0, 0.1) is 0 Å². The van der Waals surface area contributed by atoms with Gasteiger partial charge < -0.3 is 27.1 Å². The van der Waals surface area contributed by atoms with Crippen LogP contribution in [0.3, 0.4) is 0 Å². The Kier molecular flexibility index (Phi) is 7.77. The second-order valence-electron chi connectivity index (χ2n) is 8.40. The molecule has 7 N–H and O–H groups in total. The van der Waals surface area contributed by atoms with Gasteiger partial charge in [-0.05, 0) is 42.3 Å². The minimum Gasteiger partial charge on any atom is -0.385 e. The van der Waals surface area contributed by atoms with Crippen LogP contribution in [0.25, 0.3) is 11.3 Å². The summed E-state index contributed by atoms with van der Waals surface area (Å²) in [6.45, 7) is 3.43. The highest BCUT2D eigenvalue weighted by Crippen LogP contribution is 2.26. The van der Waals surface area contributed by atoms with E-state index in [1.807, 2.05) is 67.7 Å². The van der Waals surface area contributed by atoms with Crippen molar-refractivity contribution < 1.29 is 9.59 Å². The summed E-state index contributed by atoms with van der Waals surface area (Å²) in [7, 11) is 0. The number of H-pyrrole nitrogens is 1. The zero-order valence-electron chi connectivity index (χ0n) is 20.1. The van der Waals surface area contributed by atoms with Gasteiger partial charge in [0.1, 0.15) is 5.82 Å². The van der Waals surface area contributed by atoms with Gasteiger partial charge in [0.05, 0.1) is 17.2 Å². The fraction of sp³-hybridized carbons (Fsp3) is 0.179. The molecule has 8 heteroatoms. The molecule has 3 aromatic carbocycles. The lowest BCUT2D eigenvalue weighted by Crippen LogP contribution is -2.30. The Bertz CT molecular complexity index is 1330. The molecule has 0 saturated carbocycles. The molecule has 1 heterocycles. The maximum absolute atomic E-state index is 13.2. The lowest BCUT2D eigenvalue weighted by molar-refractivity contribution is 0.0951. The first-order valence-corrected chi connectivity index (χ1v) is 11.9. The van der Waals surface area contributed by atoms with Crippen LogP contribution in [0.4, 0.5) is 5.69 Å². The van der Waals surface area contributed by atoms with Gasteiger partial charge in [0.15, 0.2) is 0 Å². The summed E-state index contributed by atoms with van der Waals surface area (Å²) in [6.07, 6.45) is 1.82. The Hall–Kier alpha value is -4.43. The van der Waals surface area contributed by atoms with Crippen molar-refractivity contribution in [2.75, 3.05) is 18.4 Å². The number of anilines is 1. The van der Waals surface area contributed by atoms with Gasteiger partial charge in [0, 0.05) is 42.6 Å². The summed E-state index contributed by atoms with van der Waals surface area (Å²) in [5.41, 5.74) is 16.5. The molecular formula is C28H30N6O2. The second kappa shape index (κ2) is 11.3. The largest absolute Gasteiger partial charge is 0.385 e. The Morgan fingerprint density at radius 1 is 1.03 bits per heavy atom. The Morgan fingerprint density at radius 2 is 1.78 bits per heavy atom. The number of benzene rings is 3. The van der Waals surface area contributed by atoms with Crippen LogP contribution in [0.2, 0.25) is 0 Å². The molecule has 0 saturated heterocycles. The fourth-order valence-electron chi connectivity index (χ4n) is 4.07. The van der Waals surface area contributed by atoms with E-state index in [-0.39, 0.29) is 11.8 Å². The van der Waals surface area contributed by atoms with E-state index in [9.17, 15) is 9.59 Å². The molecule has 0 aliphatic rings. The number of aromatic nitrogens is 2. The molecule has 0 unspecified atom stereocenters. The van der Waals surface area contributed by atoms with Crippen LogP contribution in [0.1, 0.15) is 50.5 Å². The topological polar surface area (TPSA) is 139 Å². The van der Waals surface area contributed by atoms with Crippen molar-refractivity contribution in [1.82, 2.24) is 15.3 Å². The predicted octanol–water partition coefficient (Wildman–Crippen LogP) is 3.63. The third kappa shape index (κ3) is 5.61. The number of nitrogens with one attached hydrogen (secondary N) is 3. The van der Waals surface area contributed by atoms with Crippen LogP contribution in [-0.4, -0.2) is 34.9 Å². The van der Waals surface area contributed by atoms with Crippen molar-refractivity contribution in [2.24, 2.45) is 11.5 Å². The summed E-state index contributed by atoms with van der Waals surface area (Å²) < 4.78 is 0. The number of carbonyl (C=O) groups is 2. The number of carbonyl (C=O) groups excluding carboxylic acids is 2. The Morgan fingerprint density at radius 3 is 2.44 bits per heavy atom. The van der Waals surface area contributed by atoms with E-state index in [1.54, 1.807) is 18.2 Å². The van der Waals surface area contributed by atoms with Crippen LogP contribution >= 0.6 is 0 Å². The Balaban J connectivity index is 1.58. The van der Waals surface area contributed by atoms with Crippen molar-refractivity contribution in [3.8, 4) is 11.3 Å². The SMILES string of the molecule is CCNc1cc(CN)ccc1C(=O)NC[C@H](c1ccccc1)c1nc(-c2ccc(C(N)=O)cc2)c[nH]1. The zero-order chi connectivity index (χ0) is 25.5. The van der Waals surface area contributed by atoms with Crippen LogP contribution in [-0.2, 0) is 6.54 Å². The number of aromatic amines is 1. The highest BCUT2D eigenvalue weighted by atomic mass is 16.2. The minimum atomic E-state index is -0.473. The van der Waals surface area contributed by atoms with E-state index in [4.69, 9.17) is 16.5 Å². The first-order chi connectivity index (χ1) is 17.5. The molecular weight excluding hydrogens is 452 g/mol. The molecule has 0 spiro atoms. The number of nitrogens with two attached hydrogens (primary N) is 2. The summed E-state index contributed by atoms with van der Waals surface area (Å²) >= 11 is 0. The van der Waals surface area contributed by atoms with E-state index in [0.717, 1.165) is 33.9 Å². The summed E-state index contributed by atoms with van der Waals surface area (Å²) in [5, 5.41) is 6.33. The molecule has 0 aliphatic heterocycles. The van der Waals surface area contributed by atoms with Crippen molar-refractivity contribution in [2.45, 2.75) is 19.4 Å².